The highest BCUT2D eigenvalue weighted by Crippen LogP contribution is 2.27. The summed E-state index contributed by atoms with van der Waals surface area (Å²) in [7, 11) is 0. The second kappa shape index (κ2) is 4.80. The highest BCUT2D eigenvalue weighted by atomic mass is 35.6. The van der Waals surface area contributed by atoms with Crippen molar-refractivity contribution in [1.29, 1.82) is 0 Å². The average Bonchev–Trinajstić information content (AvgIpc) is 1.55. The minimum absolute atomic E-state index is 0.144. The van der Waals surface area contributed by atoms with E-state index in [9.17, 15) is 0 Å². The lowest BCUT2D eigenvalue weighted by atomic mass is 10.6. The Morgan fingerprint density at radius 2 is 1.00 bits per heavy atom. The fourth-order valence-corrected chi connectivity index (χ4v) is 0.913. The third-order valence-electron chi connectivity index (χ3n) is 0.651. The molecular weight excluding hydrogens is 275 g/mol. The van der Waals surface area contributed by atoms with E-state index in [0.717, 1.165) is 0 Å². The molecule has 0 unspecified atom stereocenters. The predicted octanol–water partition coefficient (Wildman–Crippen LogP) is 3.32. The van der Waals surface area contributed by atoms with E-state index < -0.39 is 7.59 Å². The first-order valence-electron chi connectivity index (χ1n) is 2.55. The van der Waals surface area contributed by atoms with E-state index in [1.54, 1.807) is 0 Å². The Kier molecular flexibility index (Phi) is 5.55. The Labute approximate surface area is 95.2 Å². The molecule has 0 aliphatic rings. The van der Waals surface area contributed by atoms with Crippen LogP contribution in [0.25, 0.3) is 0 Å². The number of rotatable bonds is 2. The molecule has 0 bridgehead atoms. The molecule has 0 heterocycles. The first-order valence-corrected chi connectivity index (χ1v) is 4.82. The molecule has 0 rings (SSSR count). The van der Waals surface area contributed by atoms with Crippen LogP contribution in [0.5, 0.6) is 0 Å². The standard InChI is InChI=1S/C4H5Cl6N/c5-3(6,7)1-11-2-4(8,9)10/h11H,1-2H2. The van der Waals surface area contributed by atoms with Crippen LogP contribution in [0.2, 0.25) is 0 Å². The smallest absolute Gasteiger partial charge is 0.202 e. The lowest BCUT2D eigenvalue weighted by molar-refractivity contribution is 0.703. The van der Waals surface area contributed by atoms with E-state index in [0.29, 0.717) is 0 Å². The Balaban J connectivity index is 3.44. The fraction of sp³-hybridized carbons (Fsp3) is 1.00. The molecular formula is C4H5Cl6N. The van der Waals surface area contributed by atoms with Crippen LogP contribution in [-0.4, -0.2) is 20.7 Å². The quantitative estimate of drug-likeness (QED) is 0.765. The van der Waals surface area contributed by atoms with Gasteiger partial charge in [-0.25, -0.2) is 0 Å². The molecule has 0 aliphatic heterocycles. The maximum Gasteiger partial charge on any atom is 0.202 e. The van der Waals surface area contributed by atoms with Gasteiger partial charge in [0.1, 0.15) is 0 Å². The van der Waals surface area contributed by atoms with Gasteiger partial charge in [0.25, 0.3) is 0 Å². The van der Waals surface area contributed by atoms with E-state index >= 15 is 0 Å². The molecule has 1 nitrogen and oxygen atoms in total. The molecule has 0 spiro atoms. The first-order chi connectivity index (χ1) is 4.71. The van der Waals surface area contributed by atoms with Gasteiger partial charge < -0.3 is 5.32 Å². The zero-order valence-electron chi connectivity index (χ0n) is 5.18. The summed E-state index contributed by atoms with van der Waals surface area (Å²) in [5.74, 6) is 0. The van der Waals surface area contributed by atoms with Crippen LogP contribution in [0.1, 0.15) is 0 Å². The van der Waals surface area contributed by atoms with Crippen molar-refractivity contribution in [2.45, 2.75) is 7.59 Å². The van der Waals surface area contributed by atoms with Gasteiger partial charge >= 0.3 is 0 Å². The van der Waals surface area contributed by atoms with Crippen LogP contribution >= 0.6 is 69.6 Å². The predicted molar refractivity (Wildman–Crippen MR) is 53.4 cm³/mol. The van der Waals surface area contributed by atoms with Crippen LogP contribution in [0.15, 0.2) is 0 Å². The summed E-state index contributed by atoms with van der Waals surface area (Å²) < 4.78 is -2.70. The van der Waals surface area contributed by atoms with Crippen LogP contribution in [-0.2, 0) is 0 Å². The second-order valence-electron chi connectivity index (χ2n) is 1.83. The summed E-state index contributed by atoms with van der Waals surface area (Å²) in [5.41, 5.74) is 0. The molecule has 0 saturated heterocycles. The molecule has 7 heteroatoms. The molecule has 11 heavy (non-hydrogen) atoms. The van der Waals surface area contributed by atoms with Crippen molar-refractivity contribution in [3.05, 3.63) is 0 Å². The number of hydrogen-bond acceptors (Lipinski definition) is 1. The normalized spacial score (nSPS) is 13.6. The molecule has 0 atom stereocenters. The summed E-state index contributed by atoms with van der Waals surface area (Å²) >= 11 is 32.4. The third-order valence-corrected chi connectivity index (χ3v) is 1.45. The Morgan fingerprint density at radius 3 is 1.18 bits per heavy atom. The van der Waals surface area contributed by atoms with Crippen molar-refractivity contribution in [1.82, 2.24) is 5.32 Å². The summed E-state index contributed by atoms with van der Waals surface area (Å²) in [6.07, 6.45) is 0. The van der Waals surface area contributed by atoms with Gasteiger partial charge in [0.2, 0.25) is 7.59 Å². The van der Waals surface area contributed by atoms with Gasteiger partial charge in [0.15, 0.2) is 0 Å². The molecule has 0 saturated carbocycles. The summed E-state index contributed by atoms with van der Waals surface area (Å²) in [5, 5.41) is 2.67. The molecule has 1 N–H and O–H groups in total. The van der Waals surface area contributed by atoms with Gasteiger partial charge in [-0.3, -0.25) is 0 Å². The van der Waals surface area contributed by atoms with Gasteiger partial charge in [-0.15, -0.1) is 0 Å². The zero-order chi connectivity index (χ0) is 9.12. The van der Waals surface area contributed by atoms with Crippen molar-refractivity contribution >= 4 is 69.6 Å². The minimum Gasteiger partial charge on any atom is -0.308 e. The minimum atomic E-state index is -1.35. The molecule has 68 valence electrons. The van der Waals surface area contributed by atoms with E-state index in [4.69, 9.17) is 69.6 Å². The summed E-state index contributed by atoms with van der Waals surface area (Å²) in [6, 6.07) is 0. The molecule has 0 fully saturated rings. The van der Waals surface area contributed by atoms with Gasteiger partial charge in [-0.05, 0) is 0 Å². The Hall–Kier alpha value is 1.70. The number of halogens is 6. The maximum atomic E-state index is 5.40. The van der Waals surface area contributed by atoms with E-state index in [2.05, 4.69) is 5.32 Å². The van der Waals surface area contributed by atoms with Crippen molar-refractivity contribution in [3.8, 4) is 0 Å². The molecule has 0 aliphatic carbocycles. The fourth-order valence-electron chi connectivity index (χ4n) is 0.346. The number of hydrogen-bond donors (Lipinski definition) is 1. The van der Waals surface area contributed by atoms with Gasteiger partial charge in [-0.2, -0.15) is 0 Å². The van der Waals surface area contributed by atoms with Crippen molar-refractivity contribution in [2.24, 2.45) is 0 Å². The number of nitrogens with one attached hydrogen (secondary N) is 1. The van der Waals surface area contributed by atoms with Crippen LogP contribution in [0.4, 0.5) is 0 Å². The lowest BCUT2D eigenvalue weighted by Crippen LogP contribution is -2.33. The van der Waals surface area contributed by atoms with Gasteiger partial charge in [-0.1, -0.05) is 69.6 Å². The SMILES string of the molecule is ClC(Cl)(Cl)CNCC(Cl)(Cl)Cl. The second-order valence-corrected chi connectivity index (χ2v) is 6.87. The molecule has 0 aromatic heterocycles. The maximum absolute atomic E-state index is 5.40. The Morgan fingerprint density at radius 1 is 0.727 bits per heavy atom. The summed E-state index contributed by atoms with van der Waals surface area (Å²) in [6.45, 7) is 0.289. The van der Waals surface area contributed by atoms with Crippen molar-refractivity contribution < 1.29 is 0 Å². The van der Waals surface area contributed by atoms with Crippen LogP contribution in [0, 0.1) is 0 Å². The van der Waals surface area contributed by atoms with E-state index in [1.165, 1.54) is 0 Å². The molecule has 0 radical (unpaired) electrons. The topological polar surface area (TPSA) is 12.0 Å². The van der Waals surface area contributed by atoms with Crippen LogP contribution < -0.4 is 5.32 Å². The largest absolute Gasteiger partial charge is 0.308 e. The molecule has 0 aromatic carbocycles. The van der Waals surface area contributed by atoms with Crippen LogP contribution in [0.3, 0.4) is 0 Å². The molecule has 0 aromatic rings. The monoisotopic (exact) mass is 277 g/mol. The highest BCUT2D eigenvalue weighted by molar-refractivity contribution is 6.68. The van der Waals surface area contributed by atoms with E-state index in [-0.39, 0.29) is 13.1 Å². The van der Waals surface area contributed by atoms with Crippen molar-refractivity contribution in [2.75, 3.05) is 13.1 Å². The molecule has 0 amide bonds. The first kappa shape index (κ1) is 12.7. The van der Waals surface area contributed by atoms with Gasteiger partial charge in [0.05, 0.1) is 0 Å². The number of alkyl halides is 6. The highest BCUT2D eigenvalue weighted by Gasteiger charge is 2.23. The Bertz CT molecular complexity index is 98.7. The van der Waals surface area contributed by atoms with E-state index in [1.807, 2.05) is 0 Å². The zero-order valence-corrected chi connectivity index (χ0v) is 9.72. The van der Waals surface area contributed by atoms with Crippen molar-refractivity contribution in [3.63, 3.8) is 0 Å². The summed E-state index contributed by atoms with van der Waals surface area (Å²) in [4.78, 5) is 0. The lowest BCUT2D eigenvalue weighted by Gasteiger charge is -2.15. The van der Waals surface area contributed by atoms with Gasteiger partial charge in [0, 0.05) is 13.1 Å². The average molecular weight is 280 g/mol. The third kappa shape index (κ3) is 11.7.